The number of carbonyl (C=O) groups excluding carboxylic acids is 1. The van der Waals surface area contributed by atoms with E-state index in [0.29, 0.717) is 12.5 Å². The quantitative estimate of drug-likeness (QED) is 0.813. The third-order valence-corrected chi connectivity index (χ3v) is 3.47. The molecule has 94 valence electrons. The third kappa shape index (κ3) is 2.66. The van der Waals surface area contributed by atoms with Crippen molar-refractivity contribution in [2.75, 3.05) is 13.6 Å². The number of hydrogen-bond acceptors (Lipinski definition) is 3. The van der Waals surface area contributed by atoms with Gasteiger partial charge >= 0.3 is 0 Å². The van der Waals surface area contributed by atoms with Gasteiger partial charge in [0.2, 0.25) is 5.91 Å². The van der Waals surface area contributed by atoms with Crippen LogP contribution in [-0.4, -0.2) is 40.6 Å². The summed E-state index contributed by atoms with van der Waals surface area (Å²) < 4.78 is 0. The topological polar surface area (TPSA) is 61.0 Å². The Bertz CT molecular complexity index is 393. The molecular formula is C12H20N4O. The zero-order valence-electron chi connectivity index (χ0n) is 10.7. The van der Waals surface area contributed by atoms with Crippen LogP contribution in [0.5, 0.6) is 0 Å². The number of piperidine rings is 1. The van der Waals surface area contributed by atoms with Crippen LogP contribution in [0.25, 0.3) is 0 Å². The lowest BCUT2D eigenvalue weighted by Gasteiger charge is -2.30. The number of likely N-dealkylation sites (N-methyl/N-ethyl adjacent to an activating group) is 1. The van der Waals surface area contributed by atoms with E-state index in [1.165, 1.54) is 5.56 Å². The minimum atomic E-state index is 0.249. The lowest BCUT2D eigenvalue weighted by Crippen LogP contribution is -2.46. The minimum absolute atomic E-state index is 0.249. The maximum atomic E-state index is 11.4. The van der Waals surface area contributed by atoms with Gasteiger partial charge in [-0.1, -0.05) is 0 Å². The normalized spacial score (nSPS) is 21.0. The van der Waals surface area contributed by atoms with Crippen molar-refractivity contribution in [1.29, 1.82) is 0 Å². The van der Waals surface area contributed by atoms with Crippen LogP contribution in [0.3, 0.4) is 0 Å². The Kier molecular flexibility index (Phi) is 3.47. The van der Waals surface area contributed by atoms with E-state index in [1.807, 2.05) is 20.9 Å². The zero-order valence-corrected chi connectivity index (χ0v) is 10.7. The van der Waals surface area contributed by atoms with Gasteiger partial charge in [0, 0.05) is 43.9 Å². The fraction of sp³-hybridized carbons (Fsp3) is 0.667. The van der Waals surface area contributed by atoms with Crippen LogP contribution in [0, 0.1) is 13.8 Å². The molecule has 0 bridgehead atoms. The highest BCUT2D eigenvalue weighted by molar-refractivity contribution is 5.76. The first-order chi connectivity index (χ1) is 8.08. The number of nitrogens with one attached hydrogen (secondary N) is 2. The summed E-state index contributed by atoms with van der Waals surface area (Å²) in [4.78, 5) is 13.2. The first-order valence-corrected chi connectivity index (χ1v) is 6.05. The van der Waals surface area contributed by atoms with Crippen molar-refractivity contribution >= 4 is 5.91 Å². The molecule has 2 N–H and O–H groups in total. The number of aromatic nitrogens is 2. The zero-order chi connectivity index (χ0) is 12.4. The summed E-state index contributed by atoms with van der Waals surface area (Å²) in [7, 11) is 1.87. The monoisotopic (exact) mass is 236 g/mol. The van der Waals surface area contributed by atoms with E-state index in [2.05, 4.69) is 15.5 Å². The summed E-state index contributed by atoms with van der Waals surface area (Å²) in [5.41, 5.74) is 3.41. The summed E-state index contributed by atoms with van der Waals surface area (Å²) in [6.45, 7) is 5.67. The van der Waals surface area contributed by atoms with Crippen molar-refractivity contribution in [1.82, 2.24) is 20.4 Å². The molecule has 1 aliphatic rings. The van der Waals surface area contributed by atoms with E-state index in [-0.39, 0.29) is 5.91 Å². The van der Waals surface area contributed by atoms with Crippen LogP contribution in [0.15, 0.2) is 0 Å². The van der Waals surface area contributed by atoms with E-state index in [9.17, 15) is 4.79 Å². The highest BCUT2D eigenvalue weighted by Gasteiger charge is 2.22. The van der Waals surface area contributed by atoms with Gasteiger partial charge in [-0.25, -0.2) is 0 Å². The van der Waals surface area contributed by atoms with Gasteiger partial charge in [0.1, 0.15) is 0 Å². The molecule has 0 aromatic carbocycles. The molecule has 1 amide bonds. The summed E-state index contributed by atoms with van der Waals surface area (Å²) in [5, 5.41) is 10.7. The Balaban J connectivity index is 1.89. The molecule has 2 heterocycles. The number of nitrogens with zero attached hydrogens (tertiary/aromatic N) is 2. The maximum Gasteiger partial charge on any atom is 0.222 e. The Morgan fingerprint density at radius 2 is 2.29 bits per heavy atom. The van der Waals surface area contributed by atoms with Crippen molar-refractivity contribution < 1.29 is 4.79 Å². The van der Waals surface area contributed by atoms with Crippen LogP contribution in [0.2, 0.25) is 0 Å². The van der Waals surface area contributed by atoms with Gasteiger partial charge in [-0.15, -0.1) is 0 Å². The number of rotatable bonds is 3. The Hall–Kier alpha value is -1.36. The molecule has 0 saturated carbocycles. The van der Waals surface area contributed by atoms with Crippen molar-refractivity contribution in [3.63, 3.8) is 0 Å². The van der Waals surface area contributed by atoms with Gasteiger partial charge in [-0.05, 0) is 20.3 Å². The molecule has 1 saturated heterocycles. The van der Waals surface area contributed by atoms with Crippen molar-refractivity contribution in [3.05, 3.63) is 17.0 Å². The molecule has 0 spiro atoms. The van der Waals surface area contributed by atoms with Gasteiger partial charge in [-0.2, -0.15) is 5.10 Å². The van der Waals surface area contributed by atoms with E-state index in [0.717, 1.165) is 30.9 Å². The standard InChI is InChI=1S/C12H20N4O/c1-8-11(9(2)15-14-8)6-13-10-4-5-12(17)16(3)7-10/h10,13H,4-7H2,1-3H3,(H,14,15). The number of amides is 1. The van der Waals surface area contributed by atoms with Crippen LogP contribution in [0.4, 0.5) is 0 Å². The second-order valence-electron chi connectivity index (χ2n) is 4.80. The number of carbonyl (C=O) groups is 1. The summed E-state index contributed by atoms with van der Waals surface area (Å²) >= 11 is 0. The minimum Gasteiger partial charge on any atom is -0.344 e. The average molecular weight is 236 g/mol. The molecule has 17 heavy (non-hydrogen) atoms. The van der Waals surface area contributed by atoms with Crippen LogP contribution in [0.1, 0.15) is 29.8 Å². The first kappa shape index (κ1) is 12.1. The van der Waals surface area contributed by atoms with E-state index >= 15 is 0 Å². The maximum absolute atomic E-state index is 11.4. The fourth-order valence-corrected chi connectivity index (χ4v) is 2.26. The fourth-order valence-electron chi connectivity index (χ4n) is 2.26. The molecule has 0 radical (unpaired) electrons. The van der Waals surface area contributed by atoms with Crippen molar-refractivity contribution in [2.24, 2.45) is 0 Å². The average Bonchev–Trinajstić information content (AvgIpc) is 2.61. The second kappa shape index (κ2) is 4.87. The van der Waals surface area contributed by atoms with Gasteiger partial charge in [-0.3, -0.25) is 9.89 Å². The lowest BCUT2D eigenvalue weighted by molar-refractivity contribution is -0.132. The predicted octanol–water partition coefficient (Wildman–Crippen LogP) is 0.737. The number of hydrogen-bond donors (Lipinski definition) is 2. The summed E-state index contributed by atoms with van der Waals surface area (Å²) in [5.74, 6) is 0.249. The summed E-state index contributed by atoms with van der Waals surface area (Å²) in [6.07, 6.45) is 1.58. The molecule has 1 aromatic heterocycles. The number of H-pyrrole nitrogens is 1. The van der Waals surface area contributed by atoms with Crippen molar-refractivity contribution in [3.8, 4) is 0 Å². The van der Waals surface area contributed by atoms with Gasteiger partial charge < -0.3 is 10.2 Å². The molecule has 5 heteroatoms. The van der Waals surface area contributed by atoms with Crippen LogP contribution in [-0.2, 0) is 11.3 Å². The van der Waals surface area contributed by atoms with Crippen molar-refractivity contribution in [2.45, 2.75) is 39.3 Å². The number of likely N-dealkylation sites (tertiary alicyclic amines) is 1. The molecule has 1 aliphatic heterocycles. The number of aryl methyl sites for hydroxylation is 2. The van der Waals surface area contributed by atoms with E-state index in [1.54, 1.807) is 4.90 Å². The van der Waals surface area contributed by atoms with E-state index in [4.69, 9.17) is 0 Å². The lowest BCUT2D eigenvalue weighted by atomic mass is 10.1. The smallest absolute Gasteiger partial charge is 0.222 e. The van der Waals surface area contributed by atoms with Gasteiger partial charge in [0.15, 0.2) is 0 Å². The Labute approximate surface area is 102 Å². The third-order valence-electron chi connectivity index (χ3n) is 3.47. The van der Waals surface area contributed by atoms with Crippen LogP contribution < -0.4 is 5.32 Å². The SMILES string of the molecule is Cc1n[nH]c(C)c1CNC1CCC(=O)N(C)C1. The van der Waals surface area contributed by atoms with Crippen LogP contribution >= 0.6 is 0 Å². The van der Waals surface area contributed by atoms with E-state index < -0.39 is 0 Å². The first-order valence-electron chi connectivity index (χ1n) is 6.05. The molecule has 1 aromatic rings. The largest absolute Gasteiger partial charge is 0.344 e. The molecule has 1 unspecified atom stereocenters. The van der Waals surface area contributed by atoms with Gasteiger partial charge in [0.05, 0.1) is 5.69 Å². The highest BCUT2D eigenvalue weighted by atomic mass is 16.2. The second-order valence-corrected chi connectivity index (χ2v) is 4.80. The molecule has 0 aliphatic carbocycles. The predicted molar refractivity (Wildman–Crippen MR) is 65.6 cm³/mol. The number of aromatic amines is 1. The Morgan fingerprint density at radius 1 is 1.53 bits per heavy atom. The highest BCUT2D eigenvalue weighted by Crippen LogP contribution is 2.13. The molecule has 2 rings (SSSR count). The van der Waals surface area contributed by atoms with Gasteiger partial charge in [0.25, 0.3) is 0 Å². The Morgan fingerprint density at radius 3 is 2.88 bits per heavy atom. The molecular weight excluding hydrogens is 216 g/mol. The summed E-state index contributed by atoms with van der Waals surface area (Å²) in [6, 6.07) is 0.395. The molecule has 5 nitrogen and oxygen atoms in total. The molecule has 1 fully saturated rings. The molecule has 1 atom stereocenters.